The van der Waals surface area contributed by atoms with Crippen molar-refractivity contribution in [3.8, 4) is 11.5 Å². The van der Waals surface area contributed by atoms with Crippen LogP contribution in [0.1, 0.15) is 34.3 Å². The Bertz CT molecular complexity index is 1020. The SMILES string of the molecule is BC(CCC=O)(C(=O)NC)N1Cc2c(OCc3ccc(OC)cc3F)cccc2C1=O. The molecular weight excluding hydrogens is 402 g/mol. The molecule has 1 aliphatic heterocycles. The van der Waals surface area contributed by atoms with Crippen LogP contribution < -0.4 is 14.8 Å². The van der Waals surface area contributed by atoms with Crippen LogP contribution in [0.15, 0.2) is 36.4 Å². The fourth-order valence-corrected chi connectivity index (χ4v) is 3.75. The first kappa shape index (κ1) is 22.3. The zero-order chi connectivity index (χ0) is 22.6. The molecule has 1 atom stereocenters. The Labute approximate surface area is 180 Å². The van der Waals surface area contributed by atoms with Crippen molar-refractivity contribution in [3.05, 3.63) is 58.9 Å². The second-order valence-corrected chi connectivity index (χ2v) is 7.48. The second kappa shape index (κ2) is 9.20. The summed E-state index contributed by atoms with van der Waals surface area (Å²) in [6.07, 6.45) is 1.07. The molecule has 7 nitrogen and oxygen atoms in total. The third kappa shape index (κ3) is 4.26. The summed E-state index contributed by atoms with van der Waals surface area (Å²) in [7, 11) is 4.60. The molecule has 0 aliphatic carbocycles. The van der Waals surface area contributed by atoms with Gasteiger partial charge in [-0.15, -0.1) is 0 Å². The van der Waals surface area contributed by atoms with E-state index >= 15 is 0 Å². The molecule has 9 heteroatoms. The highest BCUT2D eigenvalue weighted by Crippen LogP contribution is 2.36. The number of rotatable bonds is 9. The van der Waals surface area contributed by atoms with Crippen LogP contribution in [0.3, 0.4) is 0 Å². The lowest BCUT2D eigenvalue weighted by molar-refractivity contribution is -0.127. The van der Waals surface area contributed by atoms with Gasteiger partial charge in [-0.25, -0.2) is 4.39 Å². The zero-order valence-corrected chi connectivity index (χ0v) is 17.7. The van der Waals surface area contributed by atoms with Gasteiger partial charge in [-0.3, -0.25) is 9.59 Å². The van der Waals surface area contributed by atoms with Crippen molar-refractivity contribution < 1.29 is 28.2 Å². The first-order chi connectivity index (χ1) is 14.8. The number of likely N-dealkylation sites (N-methyl/N-ethyl adjacent to an activating group) is 1. The molecule has 0 radical (unpaired) electrons. The van der Waals surface area contributed by atoms with Gasteiger partial charge < -0.3 is 24.5 Å². The highest BCUT2D eigenvalue weighted by Gasteiger charge is 2.45. The lowest BCUT2D eigenvalue weighted by Crippen LogP contribution is -2.59. The fourth-order valence-electron chi connectivity index (χ4n) is 3.75. The number of fused-ring (bicyclic) bond motifs is 1. The molecule has 31 heavy (non-hydrogen) atoms. The van der Waals surface area contributed by atoms with Crippen molar-refractivity contribution in [2.75, 3.05) is 14.2 Å². The van der Waals surface area contributed by atoms with Gasteiger partial charge in [0.1, 0.15) is 38.1 Å². The van der Waals surface area contributed by atoms with Crippen molar-refractivity contribution in [1.82, 2.24) is 10.2 Å². The standard InChI is InChI=1S/C22H24BFN2O5/c1-25-21(29)22(23,9-4-10-27)26-12-17-16(20(26)28)5-3-6-19(17)31-13-14-7-8-15(30-2)11-18(14)24/h3,5-8,10-11H,4,9,12-13,23H2,1-2H3,(H,25,29). The number of hydrogen-bond acceptors (Lipinski definition) is 5. The largest absolute Gasteiger partial charge is 0.497 e. The average Bonchev–Trinajstić information content (AvgIpc) is 3.13. The third-order valence-electron chi connectivity index (χ3n) is 5.63. The van der Waals surface area contributed by atoms with Crippen LogP contribution in [-0.4, -0.2) is 50.4 Å². The van der Waals surface area contributed by atoms with Crippen molar-refractivity contribution in [2.45, 2.75) is 31.4 Å². The number of carbonyl (C=O) groups excluding carboxylic acids is 3. The topological polar surface area (TPSA) is 84.9 Å². The summed E-state index contributed by atoms with van der Waals surface area (Å²) >= 11 is 0. The molecule has 0 bridgehead atoms. The molecule has 0 aromatic heterocycles. The van der Waals surface area contributed by atoms with Crippen LogP contribution in [0, 0.1) is 5.82 Å². The van der Waals surface area contributed by atoms with Gasteiger partial charge in [0.25, 0.3) is 5.91 Å². The summed E-state index contributed by atoms with van der Waals surface area (Å²) in [5.41, 5.74) is 0.211. The van der Waals surface area contributed by atoms with Gasteiger partial charge >= 0.3 is 0 Å². The predicted octanol–water partition coefficient (Wildman–Crippen LogP) is 1.42. The summed E-state index contributed by atoms with van der Waals surface area (Å²) in [6.45, 7) is 0.122. The second-order valence-electron chi connectivity index (χ2n) is 7.48. The first-order valence-corrected chi connectivity index (χ1v) is 9.90. The number of amides is 2. The average molecular weight is 426 g/mol. The number of benzene rings is 2. The van der Waals surface area contributed by atoms with E-state index in [0.29, 0.717) is 28.2 Å². The molecule has 2 aromatic carbocycles. The number of aldehydes is 1. The van der Waals surface area contributed by atoms with Crippen molar-refractivity contribution in [2.24, 2.45) is 0 Å². The molecular formula is C22H24BFN2O5. The van der Waals surface area contributed by atoms with E-state index < -0.39 is 11.3 Å². The molecule has 0 saturated heterocycles. The maximum absolute atomic E-state index is 14.2. The molecule has 1 aliphatic rings. The zero-order valence-electron chi connectivity index (χ0n) is 17.7. The van der Waals surface area contributed by atoms with Crippen molar-refractivity contribution in [1.29, 1.82) is 0 Å². The highest BCUT2D eigenvalue weighted by atomic mass is 19.1. The van der Waals surface area contributed by atoms with E-state index in [1.807, 2.05) is 0 Å². The Morgan fingerprint density at radius 1 is 1.35 bits per heavy atom. The minimum atomic E-state index is -1.19. The van der Waals surface area contributed by atoms with Crippen molar-refractivity contribution in [3.63, 3.8) is 0 Å². The molecule has 1 heterocycles. The molecule has 2 amide bonds. The predicted molar refractivity (Wildman–Crippen MR) is 114 cm³/mol. The smallest absolute Gasteiger partial charge is 0.254 e. The Morgan fingerprint density at radius 2 is 2.13 bits per heavy atom. The van der Waals surface area contributed by atoms with E-state index in [1.165, 1.54) is 25.1 Å². The monoisotopic (exact) mass is 426 g/mol. The minimum Gasteiger partial charge on any atom is -0.497 e. The van der Waals surface area contributed by atoms with E-state index in [2.05, 4.69) is 5.32 Å². The van der Waals surface area contributed by atoms with Gasteiger partial charge in [0.2, 0.25) is 5.91 Å². The van der Waals surface area contributed by atoms with Gasteiger partial charge in [-0.05, 0) is 30.7 Å². The molecule has 3 rings (SSSR count). The van der Waals surface area contributed by atoms with E-state index in [0.717, 1.165) is 6.29 Å². The Morgan fingerprint density at radius 3 is 2.77 bits per heavy atom. The number of halogens is 1. The normalized spacial score (nSPS) is 14.5. The number of nitrogens with zero attached hydrogens (tertiary/aromatic N) is 1. The quantitative estimate of drug-likeness (QED) is 0.485. The summed E-state index contributed by atoms with van der Waals surface area (Å²) in [6, 6.07) is 9.56. The summed E-state index contributed by atoms with van der Waals surface area (Å²) in [5, 5.41) is 2.58. The van der Waals surface area contributed by atoms with Crippen LogP contribution >= 0.6 is 0 Å². The van der Waals surface area contributed by atoms with Gasteiger partial charge in [0.05, 0.1) is 19.1 Å². The third-order valence-corrected chi connectivity index (χ3v) is 5.63. The summed E-state index contributed by atoms with van der Waals surface area (Å²) in [5.74, 6) is -0.262. The number of carbonyl (C=O) groups is 3. The fraction of sp³-hybridized carbons (Fsp3) is 0.318. The van der Waals surface area contributed by atoms with Gasteiger partial charge in [0, 0.05) is 36.2 Å². The van der Waals surface area contributed by atoms with Crippen LogP contribution in [0.5, 0.6) is 11.5 Å². The summed E-state index contributed by atoms with van der Waals surface area (Å²) in [4.78, 5) is 38.1. The van der Waals surface area contributed by atoms with Crippen LogP contribution in [-0.2, 0) is 22.7 Å². The van der Waals surface area contributed by atoms with Gasteiger partial charge in [-0.2, -0.15) is 0 Å². The number of ether oxygens (including phenoxy) is 2. The van der Waals surface area contributed by atoms with Crippen molar-refractivity contribution >= 4 is 25.9 Å². The molecule has 1 N–H and O–H groups in total. The van der Waals surface area contributed by atoms with E-state index in [-0.39, 0.29) is 37.8 Å². The van der Waals surface area contributed by atoms with E-state index in [1.54, 1.807) is 38.2 Å². The molecule has 162 valence electrons. The lowest BCUT2D eigenvalue weighted by atomic mass is 9.71. The molecule has 0 spiro atoms. The summed E-state index contributed by atoms with van der Waals surface area (Å²) < 4.78 is 25.1. The number of methoxy groups -OCH3 is 1. The Balaban J connectivity index is 1.85. The van der Waals surface area contributed by atoms with Crippen LogP contribution in [0.25, 0.3) is 0 Å². The van der Waals surface area contributed by atoms with E-state index in [4.69, 9.17) is 9.47 Å². The first-order valence-electron chi connectivity index (χ1n) is 9.90. The highest BCUT2D eigenvalue weighted by molar-refractivity contribution is 6.30. The molecule has 1 unspecified atom stereocenters. The number of nitrogens with one attached hydrogen (secondary N) is 1. The molecule has 0 saturated carbocycles. The Hall–Kier alpha value is -3.36. The van der Waals surface area contributed by atoms with Gasteiger partial charge in [0.15, 0.2) is 0 Å². The van der Waals surface area contributed by atoms with Crippen LogP contribution in [0.2, 0.25) is 0 Å². The molecule has 2 aromatic rings. The number of hydrogen-bond donors (Lipinski definition) is 1. The van der Waals surface area contributed by atoms with Gasteiger partial charge in [-0.1, -0.05) is 6.07 Å². The van der Waals surface area contributed by atoms with E-state index in [9.17, 15) is 18.8 Å². The minimum absolute atomic E-state index is 0.0294. The molecule has 0 fully saturated rings. The van der Waals surface area contributed by atoms with Crippen LogP contribution in [0.4, 0.5) is 4.39 Å². The Kier molecular flexibility index (Phi) is 6.63. The maximum Gasteiger partial charge on any atom is 0.254 e. The maximum atomic E-state index is 14.2. The lowest BCUT2D eigenvalue weighted by Gasteiger charge is -2.37.